The van der Waals surface area contributed by atoms with Crippen LogP contribution in [0.5, 0.6) is 5.75 Å². The minimum absolute atomic E-state index is 0.0242. The van der Waals surface area contributed by atoms with Gasteiger partial charge in [0.1, 0.15) is 16.7 Å². The van der Waals surface area contributed by atoms with E-state index in [9.17, 15) is 21.9 Å². The van der Waals surface area contributed by atoms with Crippen molar-refractivity contribution in [1.29, 1.82) is 0 Å². The number of hydrogen-bond acceptors (Lipinski definition) is 6. The van der Waals surface area contributed by atoms with E-state index in [2.05, 4.69) is 6.08 Å². The molecule has 1 N–H and O–H groups in total. The molecule has 0 saturated heterocycles. The van der Waals surface area contributed by atoms with E-state index >= 15 is 0 Å². The molecule has 10 heteroatoms. The number of fused-ring (bicyclic) bond motifs is 1. The van der Waals surface area contributed by atoms with Crippen molar-refractivity contribution in [3.8, 4) is 5.75 Å². The Morgan fingerprint density at radius 2 is 1.89 bits per heavy atom. The minimum atomic E-state index is -3.96. The highest BCUT2D eigenvalue weighted by Crippen LogP contribution is 2.37. The number of aryl methyl sites for hydroxylation is 1. The molecule has 202 valence electrons. The van der Waals surface area contributed by atoms with Gasteiger partial charge < -0.3 is 9.84 Å². The highest BCUT2D eigenvalue weighted by atomic mass is 32.2. The minimum Gasteiger partial charge on any atom is -0.487 e. The van der Waals surface area contributed by atoms with Crippen LogP contribution in [0.4, 0.5) is 0 Å². The maximum Gasteiger partial charge on any atom is 0.247 e. The second kappa shape index (κ2) is 10.9. The quantitative estimate of drug-likeness (QED) is 0.567. The van der Waals surface area contributed by atoms with Crippen LogP contribution in [0.25, 0.3) is 5.57 Å². The normalized spacial score (nSPS) is 23.0. The van der Waals surface area contributed by atoms with E-state index in [0.717, 1.165) is 36.0 Å². The summed E-state index contributed by atoms with van der Waals surface area (Å²) in [6.07, 6.45) is 4.47. The summed E-state index contributed by atoms with van der Waals surface area (Å²) in [5.74, 6) is -0.153. The van der Waals surface area contributed by atoms with Gasteiger partial charge in [-0.05, 0) is 68.5 Å². The van der Waals surface area contributed by atoms with Crippen LogP contribution in [0, 0.1) is 12.8 Å². The number of allylic oxidation sites excluding steroid dienone is 2. The van der Waals surface area contributed by atoms with Gasteiger partial charge in [-0.2, -0.15) is 8.61 Å². The lowest BCUT2D eigenvalue weighted by atomic mass is 10.0. The Labute approximate surface area is 220 Å². The number of rotatable bonds is 7. The molecule has 0 fully saturated rings. The summed E-state index contributed by atoms with van der Waals surface area (Å²) in [5, 5.41) is 9.83. The van der Waals surface area contributed by atoms with Crippen molar-refractivity contribution >= 4 is 25.6 Å². The molecule has 2 aromatic carbocycles. The smallest absolute Gasteiger partial charge is 0.247 e. The monoisotopic (exact) mass is 548 g/mol. The van der Waals surface area contributed by atoms with Gasteiger partial charge in [-0.3, -0.25) is 0 Å². The van der Waals surface area contributed by atoms with Crippen molar-refractivity contribution in [3.05, 3.63) is 59.7 Å². The number of nitrogens with zero attached hydrogens (tertiary/aromatic N) is 2. The van der Waals surface area contributed by atoms with Crippen molar-refractivity contribution in [2.24, 2.45) is 5.92 Å². The molecule has 0 aromatic heterocycles. The van der Waals surface area contributed by atoms with E-state index in [0.29, 0.717) is 0 Å². The standard InChI is InChI=1S/C27H36N2O6S2/c1-19-9-12-24(13-10-19)36(31,32)28(4)17-26-20(2)16-29(21(3)18-30)37(33,34)27-14-11-23(15-25(27)35-26)22-7-5-6-8-22/h7,9-15,20-21,26,30H,5-6,8,16-18H2,1-4H3/t20-,21+,26+/m1/s1. The molecule has 1 aliphatic carbocycles. The lowest BCUT2D eigenvalue weighted by Crippen LogP contribution is -2.50. The predicted molar refractivity (Wildman–Crippen MR) is 143 cm³/mol. The number of benzene rings is 2. The zero-order valence-electron chi connectivity index (χ0n) is 21.8. The Morgan fingerprint density at radius 1 is 1.19 bits per heavy atom. The highest BCUT2D eigenvalue weighted by Gasteiger charge is 2.39. The van der Waals surface area contributed by atoms with Crippen LogP contribution in [0.15, 0.2) is 58.3 Å². The van der Waals surface area contributed by atoms with E-state index < -0.39 is 32.2 Å². The molecule has 3 atom stereocenters. The third-order valence-electron chi connectivity index (χ3n) is 7.25. The molecule has 37 heavy (non-hydrogen) atoms. The van der Waals surface area contributed by atoms with Crippen LogP contribution in [-0.4, -0.2) is 69.4 Å². The van der Waals surface area contributed by atoms with Crippen molar-refractivity contribution in [3.63, 3.8) is 0 Å². The fourth-order valence-corrected chi connectivity index (χ4v) is 7.83. The third kappa shape index (κ3) is 5.63. The number of hydrogen-bond donors (Lipinski definition) is 1. The van der Waals surface area contributed by atoms with E-state index in [1.807, 2.05) is 13.8 Å². The molecule has 4 rings (SSSR count). The van der Waals surface area contributed by atoms with Gasteiger partial charge in [-0.25, -0.2) is 16.8 Å². The molecule has 2 aliphatic rings. The molecule has 0 spiro atoms. The summed E-state index contributed by atoms with van der Waals surface area (Å²) in [7, 11) is -6.23. The third-order valence-corrected chi connectivity index (χ3v) is 11.1. The van der Waals surface area contributed by atoms with Crippen LogP contribution < -0.4 is 4.74 Å². The van der Waals surface area contributed by atoms with Gasteiger partial charge in [-0.15, -0.1) is 0 Å². The van der Waals surface area contributed by atoms with Crippen LogP contribution in [-0.2, 0) is 20.0 Å². The number of sulfonamides is 2. The largest absolute Gasteiger partial charge is 0.487 e. The second-order valence-electron chi connectivity index (χ2n) is 10.1. The molecule has 2 aromatic rings. The van der Waals surface area contributed by atoms with E-state index in [4.69, 9.17) is 4.74 Å². The van der Waals surface area contributed by atoms with Crippen molar-refractivity contribution in [2.75, 3.05) is 26.7 Å². The molecular weight excluding hydrogens is 512 g/mol. The Kier molecular flexibility index (Phi) is 8.16. The van der Waals surface area contributed by atoms with Gasteiger partial charge in [0.05, 0.1) is 18.0 Å². The van der Waals surface area contributed by atoms with E-state index in [-0.39, 0.29) is 41.2 Å². The maximum absolute atomic E-state index is 13.7. The first-order chi connectivity index (χ1) is 17.4. The number of likely N-dealkylation sites (N-methyl/N-ethyl adjacent to an activating group) is 1. The average Bonchev–Trinajstić information content (AvgIpc) is 3.41. The maximum atomic E-state index is 13.7. The molecule has 0 unspecified atom stereocenters. The SMILES string of the molecule is Cc1ccc(S(=O)(=O)N(C)C[C@@H]2Oc3cc(C4=CCCC4)ccc3S(=O)(=O)N([C@@H](C)CO)C[C@H]2C)cc1. The Bertz CT molecular complexity index is 1370. The van der Waals surface area contributed by atoms with Crippen LogP contribution in [0.3, 0.4) is 0 Å². The van der Waals surface area contributed by atoms with Crippen molar-refractivity contribution < 1.29 is 26.7 Å². The Morgan fingerprint density at radius 3 is 2.51 bits per heavy atom. The zero-order chi connectivity index (χ0) is 27.0. The second-order valence-corrected chi connectivity index (χ2v) is 14.0. The molecule has 1 aliphatic heterocycles. The number of aliphatic hydroxyl groups excluding tert-OH is 1. The first kappa shape index (κ1) is 27.8. The first-order valence-corrected chi connectivity index (χ1v) is 15.5. The van der Waals surface area contributed by atoms with Gasteiger partial charge in [-0.1, -0.05) is 36.8 Å². The topological polar surface area (TPSA) is 104 Å². The lowest BCUT2D eigenvalue weighted by Gasteiger charge is -2.37. The predicted octanol–water partition coefficient (Wildman–Crippen LogP) is 3.65. The van der Waals surface area contributed by atoms with Crippen LogP contribution in [0.1, 0.15) is 44.2 Å². The van der Waals surface area contributed by atoms with Crippen molar-refractivity contribution in [2.45, 2.75) is 62.0 Å². The zero-order valence-corrected chi connectivity index (χ0v) is 23.4. The van der Waals surface area contributed by atoms with Gasteiger partial charge in [0.15, 0.2) is 0 Å². The van der Waals surface area contributed by atoms with Gasteiger partial charge in [0.2, 0.25) is 20.0 Å². The Hall–Kier alpha value is -2.24. The number of ether oxygens (including phenoxy) is 1. The molecule has 0 amide bonds. The Balaban J connectivity index is 1.74. The van der Waals surface area contributed by atoms with Crippen molar-refractivity contribution in [1.82, 2.24) is 8.61 Å². The first-order valence-electron chi connectivity index (χ1n) is 12.6. The molecule has 8 nitrogen and oxygen atoms in total. The fourth-order valence-electron chi connectivity index (χ4n) is 4.82. The molecule has 0 bridgehead atoms. The summed E-state index contributed by atoms with van der Waals surface area (Å²) in [6, 6.07) is 11.1. The average molecular weight is 549 g/mol. The van der Waals surface area contributed by atoms with Gasteiger partial charge in [0, 0.05) is 25.6 Å². The van der Waals surface area contributed by atoms with E-state index in [1.54, 1.807) is 49.4 Å². The molecule has 0 radical (unpaired) electrons. The molecule has 0 saturated carbocycles. The molecular formula is C27H36N2O6S2. The lowest BCUT2D eigenvalue weighted by molar-refractivity contribution is 0.0904. The summed E-state index contributed by atoms with van der Waals surface area (Å²) < 4.78 is 62.9. The highest BCUT2D eigenvalue weighted by molar-refractivity contribution is 7.89. The molecule has 1 heterocycles. The summed E-state index contributed by atoms with van der Waals surface area (Å²) >= 11 is 0. The van der Waals surface area contributed by atoms with E-state index in [1.165, 1.54) is 15.7 Å². The van der Waals surface area contributed by atoms with Crippen LogP contribution in [0.2, 0.25) is 0 Å². The van der Waals surface area contributed by atoms with Gasteiger partial charge in [0.25, 0.3) is 0 Å². The van der Waals surface area contributed by atoms with Gasteiger partial charge >= 0.3 is 0 Å². The summed E-state index contributed by atoms with van der Waals surface area (Å²) in [5.41, 5.74) is 3.01. The summed E-state index contributed by atoms with van der Waals surface area (Å²) in [4.78, 5) is 0.212. The number of aliphatic hydroxyl groups is 1. The summed E-state index contributed by atoms with van der Waals surface area (Å²) in [6.45, 7) is 5.18. The van der Waals surface area contributed by atoms with Crippen LogP contribution >= 0.6 is 0 Å². The fraction of sp³-hybridized carbons (Fsp3) is 0.481.